The average molecular weight is 222 g/mol. The van der Waals surface area contributed by atoms with Crippen LogP contribution in [0.25, 0.3) is 0 Å². The van der Waals surface area contributed by atoms with Crippen LogP contribution in [0.15, 0.2) is 24.8 Å². The van der Waals surface area contributed by atoms with Crippen molar-refractivity contribution in [3.8, 4) is 0 Å². The van der Waals surface area contributed by atoms with Crippen LogP contribution in [0, 0.1) is 0 Å². The molecule has 0 aromatic carbocycles. The predicted molar refractivity (Wildman–Crippen MR) is 67.2 cm³/mol. The number of nitrogens with two attached hydrogens (primary N) is 2. The summed E-state index contributed by atoms with van der Waals surface area (Å²) in [6.45, 7) is 5.62. The second-order valence-electron chi connectivity index (χ2n) is 3.29. The van der Waals surface area contributed by atoms with Gasteiger partial charge in [0.05, 0.1) is 18.9 Å². The normalized spacial score (nSPS) is 10.0. The van der Waals surface area contributed by atoms with Crippen molar-refractivity contribution in [1.82, 2.24) is 4.98 Å². The molecular formula is C11H18N4O. The molecule has 0 fully saturated rings. The Morgan fingerprint density at radius 3 is 2.88 bits per heavy atom. The van der Waals surface area contributed by atoms with Crippen LogP contribution in [0.3, 0.4) is 0 Å². The van der Waals surface area contributed by atoms with Crippen LogP contribution in [0.2, 0.25) is 0 Å². The lowest BCUT2D eigenvalue weighted by Gasteiger charge is -2.07. The van der Waals surface area contributed by atoms with Crippen molar-refractivity contribution in [3.63, 3.8) is 0 Å². The topological polar surface area (TPSA) is 86.2 Å². The fourth-order valence-corrected chi connectivity index (χ4v) is 1.10. The third-order valence-electron chi connectivity index (χ3n) is 1.98. The predicted octanol–water partition coefficient (Wildman–Crippen LogP) is 1.25. The van der Waals surface area contributed by atoms with E-state index in [4.69, 9.17) is 16.2 Å². The number of rotatable bonds is 7. The molecule has 0 spiro atoms. The number of ether oxygens (including phenoxy) is 1. The number of hydrogen-bond acceptors (Lipinski definition) is 5. The maximum atomic E-state index is 5.57. The van der Waals surface area contributed by atoms with Crippen molar-refractivity contribution >= 4 is 17.3 Å². The zero-order chi connectivity index (χ0) is 11.8. The minimum absolute atomic E-state index is 0.345. The Labute approximate surface area is 95.5 Å². The smallest absolute Gasteiger partial charge is 0.149 e. The highest BCUT2D eigenvalue weighted by atomic mass is 16.5. The molecule has 0 amide bonds. The first-order valence-electron chi connectivity index (χ1n) is 5.18. The van der Waals surface area contributed by atoms with Crippen LogP contribution >= 0.6 is 0 Å². The van der Waals surface area contributed by atoms with Gasteiger partial charge in [-0.2, -0.15) is 0 Å². The maximum Gasteiger partial charge on any atom is 0.149 e. The van der Waals surface area contributed by atoms with Crippen LogP contribution in [0.1, 0.15) is 6.42 Å². The van der Waals surface area contributed by atoms with E-state index in [0.29, 0.717) is 37.1 Å². The van der Waals surface area contributed by atoms with Gasteiger partial charge in [0.2, 0.25) is 0 Å². The Morgan fingerprint density at radius 1 is 1.38 bits per heavy atom. The molecule has 0 atom stereocenters. The fraction of sp³-hybridized carbons (Fsp3) is 0.364. The van der Waals surface area contributed by atoms with Gasteiger partial charge in [-0.25, -0.2) is 4.98 Å². The zero-order valence-corrected chi connectivity index (χ0v) is 9.28. The SMILES string of the molecule is C=CCCOCCNc1ccc(N)c(N)n1. The van der Waals surface area contributed by atoms with Crippen LogP contribution in [-0.2, 0) is 4.74 Å². The lowest BCUT2D eigenvalue weighted by atomic mass is 10.4. The highest BCUT2D eigenvalue weighted by molar-refractivity contribution is 5.61. The Bertz CT molecular complexity index is 341. The van der Waals surface area contributed by atoms with Crippen LogP contribution in [0.4, 0.5) is 17.3 Å². The Hall–Kier alpha value is -1.75. The Kier molecular flexibility index (Phi) is 5.15. The number of anilines is 3. The minimum atomic E-state index is 0.345. The van der Waals surface area contributed by atoms with Gasteiger partial charge in [-0.3, -0.25) is 0 Å². The van der Waals surface area contributed by atoms with Gasteiger partial charge in [-0.15, -0.1) is 6.58 Å². The molecule has 0 aliphatic heterocycles. The van der Waals surface area contributed by atoms with Crippen molar-refractivity contribution in [1.29, 1.82) is 0 Å². The van der Waals surface area contributed by atoms with Gasteiger partial charge in [0.1, 0.15) is 11.6 Å². The van der Waals surface area contributed by atoms with E-state index < -0.39 is 0 Å². The number of pyridine rings is 1. The molecule has 0 saturated carbocycles. The van der Waals surface area contributed by atoms with E-state index in [1.54, 1.807) is 12.1 Å². The number of hydrogen-bond donors (Lipinski definition) is 3. The van der Waals surface area contributed by atoms with Gasteiger partial charge in [-0.05, 0) is 18.6 Å². The van der Waals surface area contributed by atoms with Gasteiger partial charge in [0, 0.05) is 6.54 Å². The van der Waals surface area contributed by atoms with Crippen molar-refractivity contribution < 1.29 is 4.74 Å². The minimum Gasteiger partial charge on any atom is -0.396 e. The molecule has 0 saturated heterocycles. The second-order valence-corrected chi connectivity index (χ2v) is 3.29. The summed E-state index contributed by atoms with van der Waals surface area (Å²) in [5, 5.41) is 3.09. The third kappa shape index (κ3) is 4.18. The molecule has 0 aliphatic carbocycles. The third-order valence-corrected chi connectivity index (χ3v) is 1.98. The van der Waals surface area contributed by atoms with Crippen LogP contribution in [0.5, 0.6) is 0 Å². The summed E-state index contributed by atoms with van der Waals surface area (Å²) in [4.78, 5) is 4.08. The summed E-state index contributed by atoms with van der Waals surface area (Å²) in [6.07, 6.45) is 2.70. The zero-order valence-electron chi connectivity index (χ0n) is 9.28. The molecular weight excluding hydrogens is 204 g/mol. The van der Waals surface area contributed by atoms with Gasteiger partial charge >= 0.3 is 0 Å². The summed E-state index contributed by atoms with van der Waals surface area (Å²) in [5.74, 6) is 1.05. The molecule has 1 aromatic heterocycles. The summed E-state index contributed by atoms with van der Waals surface area (Å²) in [7, 11) is 0. The molecule has 5 nitrogen and oxygen atoms in total. The first-order valence-corrected chi connectivity index (χ1v) is 5.18. The number of nitrogen functional groups attached to an aromatic ring is 2. The molecule has 1 heterocycles. The summed E-state index contributed by atoms with van der Waals surface area (Å²) in [6, 6.07) is 3.51. The van der Waals surface area contributed by atoms with E-state index in [-0.39, 0.29) is 0 Å². The second kappa shape index (κ2) is 6.68. The van der Waals surface area contributed by atoms with Crippen LogP contribution < -0.4 is 16.8 Å². The molecule has 0 radical (unpaired) electrons. The van der Waals surface area contributed by atoms with Crippen molar-refractivity contribution in [3.05, 3.63) is 24.8 Å². The quantitative estimate of drug-likeness (QED) is 0.477. The molecule has 16 heavy (non-hydrogen) atoms. The largest absolute Gasteiger partial charge is 0.396 e. The molecule has 5 N–H and O–H groups in total. The summed E-state index contributed by atoms with van der Waals surface area (Å²) >= 11 is 0. The summed E-state index contributed by atoms with van der Waals surface area (Å²) < 4.78 is 5.33. The highest BCUT2D eigenvalue weighted by Crippen LogP contribution is 2.13. The standard InChI is InChI=1S/C11H18N4O/c1-2-3-7-16-8-6-14-10-5-4-9(12)11(13)15-10/h2,4-5H,1,3,6-8,12H2,(H3,13,14,15). The highest BCUT2D eigenvalue weighted by Gasteiger charge is 1.97. The maximum absolute atomic E-state index is 5.57. The van der Waals surface area contributed by atoms with Crippen molar-refractivity contribution in [2.75, 3.05) is 36.5 Å². The molecule has 1 rings (SSSR count). The Balaban J connectivity index is 2.21. The number of aromatic nitrogens is 1. The van der Waals surface area contributed by atoms with Gasteiger partial charge in [0.15, 0.2) is 0 Å². The molecule has 0 bridgehead atoms. The lowest BCUT2D eigenvalue weighted by molar-refractivity contribution is 0.149. The van der Waals surface area contributed by atoms with Gasteiger partial charge in [-0.1, -0.05) is 6.08 Å². The average Bonchev–Trinajstić information content (AvgIpc) is 2.28. The molecule has 88 valence electrons. The molecule has 5 heteroatoms. The monoisotopic (exact) mass is 222 g/mol. The van der Waals surface area contributed by atoms with E-state index in [0.717, 1.165) is 6.42 Å². The Morgan fingerprint density at radius 2 is 2.19 bits per heavy atom. The van der Waals surface area contributed by atoms with Crippen molar-refractivity contribution in [2.45, 2.75) is 6.42 Å². The lowest BCUT2D eigenvalue weighted by Crippen LogP contribution is -2.11. The van der Waals surface area contributed by atoms with Crippen LogP contribution in [-0.4, -0.2) is 24.7 Å². The number of nitrogens with one attached hydrogen (secondary N) is 1. The molecule has 1 aromatic rings. The van der Waals surface area contributed by atoms with E-state index in [1.807, 2.05) is 6.08 Å². The fourth-order valence-electron chi connectivity index (χ4n) is 1.10. The van der Waals surface area contributed by atoms with Gasteiger partial charge < -0.3 is 21.5 Å². The van der Waals surface area contributed by atoms with E-state index >= 15 is 0 Å². The first kappa shape index (κ1) is 12.3. The van der Waals surface area contributed by atoms with E-state index in [9.17, 15) is 0 Å². The number of nitrogens with zero attached hydrogens (tertiary/aromatic N) is 1. The van der Waals surface area contributed by atoms with E-state index in [1.165, 1.54) is 0 Å². The molecule has 0 unspecified atom stereocenters. The summed E-state index contributed by atoms with van der Waals surface area (Å²) in [5.41, 5.74) is 11.6. The van der Waals surface area contributed by atoms with E-state index in [2.05, 4.69) is 16.9 Å². The van der Waals surface area contributed by atoms with Crippen molar-refractivity contribution in [2.24, 2.45) is 0 Å². The molecule has 0 aliphatic rings. The first-order chi connectivity index (χ1) is 7.74. The van der Waals surface area contributed by atoms with Gasteiger partial charge in [0.25, 0.3) is 0 Å².